The Bertz CT molecular complexity index is 578. The number of sulfone groups is 1. The first-order valence-corrected chi connectivity index (χ1v) is 8.99. The second kappa shape index (κ2) is 5.88. The summed E-state index contributed by atoms with van der Waals surface area (Å²) in [5.74, 6) is 1.19. The normalized spacial score (nSPS) is 21.4. The van der Waals surface area contributed by atoms with Crippen molar-refractivity contribution in [1.29, 1.82) is 0 Å². The van der Waals surface area contributed by atoms with E-state index in [2.05, 4.69) is 36.3 Å². The number of aromatic nitrogens is 2. The SMILES string of the molecule is CN(c1ccc(CNC(C)(C)C)nn1)C1CCS(=O)(=O)C1. The van der Waals surface area contributed by atoms with Crippen molar-refractivity contribution in [3.05, 3.63) is 17.8 Å². The van der Waals surface area contributed by atoms with Crippen LogP contribution in [0.3, 0.4) is 0 Å². The quantitative estimate of drug-likeness (QED) is 0.893. The third-order valence-electron chi connectivity index (χ3n) is 3.62. The van der Waals surface area contributed by atoms with Gasteiger partial charge in [0.15, 0.2) is 15.7 Å². The van der Waals surface area contributed by atoms with Gasteiger partial charge < -0.3 is 10.2 Å². The molecule has 0 radical (unpaired) electrons. The molecule has 0 aromatic carbocycles. The van der Waals surface area contributed by atoms with Crippen molar-refractivity contribution in [1.82, 2.24) is 15.5 Å². The van der Waals surface area contributed by atoms with Crippen LogP contribution in [0.4, 0.5) is 5.82 Å². The maximum atomic E-state index is 11.5. The van der Waals surface area contributed by atoms with Gasteiger partial charge in [0.1, 0.15) is 0 Å². The van der Waals surface area contributed by atoms with E-state index < -0.39 is 9.84 Å². The molecule has 7 heteroatoms. The van der Waals surface area contributed by atoms with Gasteiger partial charge in [-0.3, -0.25) is 0 Å². The second-order valence-corrected chi connectivity index (χ2v) is 8.88. The van der Waals surface area contributed by atoms with Crippen LogP contribution in [0.2, 0.25) is 0 Å². The predicted octanol–water partition coefficient (Wildman–Crippen LogP) is 0.988. The minimum atomic E-state index is -2.88. The molecule has 1 aliphatic heterocycles. The molecule has 2 rings (SSSR count). The average molecular weight is 312 g/mol. The summed E-state index contributed by atoms with van der Waals surface area (Å²) in [7, 11) is -1.00. The number of nitrogens with zero attached hydrogens (tertiary/aromatic N) is 3. The molecular weight excluding hydrogens is 288 g/mol. The summed E-state index contributed by atoms with van der Waals surface area (Å²) in [5.41, 5.74) is 0.913. The molecule has 1 fully saturated rings. The van der Waals surface area contributed by atoms with Crippen molar-refractivity contribution in [3.63, 3.8) is 0 Å². The minimum Gasteiger partial charge on any atom is -0.354 e. The summed E-state index contributed by atoms with van der Waals surface area (Å²) in [6.07, 6.45) is 0.661. The van der Waals surface area contributed by atoms with Crippen molar-refractivity contribution in [2.24, 2.45) is 0 Å². The Morgan fingerprint density at radius 3 is 2.52 bits per heavy atom. The molecule has 2 heterocycles. The lowest BCUT2D eigenvalue weighted by molar-refractivity contribution is 0.420. The lowest BCUT2D eigenvalue weighted by Crippen LogP contribution is -2.35. The summed E-state index contributed by atoms with van der Waals surface area (Å²) < 4.78 is 23.1. The zero-order valence-electron chi connectivity index (χ0n) is 13.1. The topological polar surface area (TPSA) is 75.2 Å². The summed E-state index contributed by atoms with van der Waals surface area (Å²) in [5, 5.41) is 11.8. The van der Waals surface area contributed by atoms with E-state index >= 15 is 0 Å². The molecule has 6 nitrogen and oxygen atoms in total. The largest absolute Gasteiger partial charge is 0.354 e. The van der Waals surface area contributed by atoms with E-state index in [0.29, 0.717) is 13.0 Å². The van der Waals surface area contributed by atoms with Gasteiger partial charge in [-0.1, -0.05) is 0 Å². The molecule has 1 N–H and O–H groups in total. The van der Waals surface area contributed by atoms with Crippen LogP contribution in [0.5, 0.6) is 0 Å². The van der Waals surface area contributed by atoms with Gasteiger partial charge in [-0.25, -0.2) is 8.42 Å². The van der Waals surface area contributed by atoms with Crippen molar-refractivity contribution in [3.8, 4) is 0 Å². The fourth-order valence-electron chi connectivity index (χ4n) is 2.26. The highest BCUT2D eigenvalue weighted by Gasteiger charge is 2.31. The molecule has 1 aromatic rings. The zero-order chi connectivity index (χ0) is 15.7. The summed E-state index contributed by atoms with van der Waals surface area (Å²) in [4.78, 5) is 1.92. The number of nitrogens with one attached hydrogen (secondary N) is 1. The van der Waals surface area contributed by atoms with Gasteiger partial charge in [0.2, 0.25) is 0 Å². The monoisotopic (exact) mass is 312 g/mol. The highest BCUT2D eigenvalue weighted by atomic mass is 32.2. The predicted molar refractivity (Wildman–Crippen MR) is 84.1 cm³/mol. The van der Waals surface area contributed by atoms with Crippen LogP contribution >= 0.6 is 0 Å². The molecule has 1 aromatic heterocycles. The van der Waals surface area contributed by atoms with E-state index in [0.717, 1.165) is 11.5 Å². The molecule has 1 atom stereocenters. The number of hydrogen-bond donors (Lipinski definition) is 1. The average Bonchev–Trinajstić information content (AvgIpc) is 2.76. The van der Waals surface area contributed by atoms with Crippen LogP contribution < -0.4 is 10.2 Å². The van der Waals surface area contributed by atoms with Crippen molar-refractivity contribution in [2.45, 2.75) is 45.3 Å². The number of hydrogen-bond acceptors (Lipinski definition) is 6. The van der Waals surface area contributed by atoms with Crippen LogP contribution in [0.25, 0.3) is 0 Å². The fourth-order valence-corrected chi connectivity index (χ4v) is 4.03. The molecule has 1 aliphatic rings. The van der Waals surface area contributed by atoms with E-state index in [1.165, 1.54) is 0 Å². The summed E-state index contributed by atoms with van der Waals surface area (Å²) >= 11 is 0. The minimum absolute atomic E-state index is 0.00264. The van der Waals surface area contributed by atoms with Crippen LogP contribution in [0.1, 0.15) is 32.9 Å². The fraction of sp³-hybridized carbons (Fsp3) is 0.714. The van der Waals surface area contributed by atoms with Gasteiger partial charge in [-0.15, -0.1) is 5.10 Å². The molecule has 118 valence electrons. The molecular formula is C14H24N4O2S. The Morgan fingerprint density at radius 1 is 1.33 bits per heavy atom. The van der Waals surface area contributed by atoms with E-state index in [-0.39, 0.29) is 23.1 Å². The Morgan fingerprint density at radius 2 is 2.05 bits per heavy atom. The summed E-state index contributed by atoms with van der Waals surface area (Å²) in [6.45, 7) is 6.97. The van der Waals surface area contributed by atoms with E-state index in [4.69, 9.17) is 0 Å². The lowest BCUT2D eigenvalue weighted by atomic mass is 10.1. The van der Waals surface area contributed by atoms with Crippen molar-refractivity contribution in [2.75, 3.05) is 23.5 Å². The van der Waals surface area contributed by atoms with Gasteiger partial charge in [0, 0.05) is 25.2 Å². The molecule has 0 amide bonds. The molecule has 0 spiro atoms. The molecule has 0 bridgehead atoms. The van der Waals surface area contributed by atoms with Gasteiger partial charge >= 0.3 is 0 Å². The van der Waals surface area contributed by atoms with E-state index in [9.17, 15) is 8.42 Å². The van der Waals surface area contributed by atoms with E-state index in [1.54, 1.807) is 0 Å². The standard InChI is InChI=1S/C14H24N4O2S/c1-14(2,3)15-9-11-5-6-13(17-16-11)18(4)12-7-8-21(19,20)10-12/h5-6,12,15H,7-10H2,1-4H3. The van der Waals surface area contributed by atoms with Gasteiger partial charge in [-0.2, -0.15) is 5.10 Å². The first kappa shape index (κ1) is 16.2. The van der Waals surface area contributed by atoms with Crippen LogP contribution in [0, 0.1) is 0 Å². The molecule has 1 saturated heterocycles. The Balaban J connectivity index is 1.99. The second-order valence-electron chi connectivity index (χ2n) is 6.65. The smallest absolute Gasteiger partial charge is 0.152 e. The van der Waals surface area contributed by atoms with Crippen molar-refractivity contribution < 1.29 is 8.42 Å². The Kier molecular flexibility index (Phi) is 4.53. The molecule has 1 unspecified atom stereocenters. The third-order valence-corrected chi connectivity index (χ3v) is 5.37. The van der Waals surface area contributed by atoms with Gasteiger partial charge in [-0.05, 0) is 39.3 Å². The Labute approximate surface area is 126 Å². The van der Waals surface area contributed by atoms with Gasteiger partial charge in [0.25, 0.3) is 0 Å². The maximum Gasteiger partial charge on any atom is 0.152 e. The maximum absolute atomic E-state index is 11.5. The first-order chi connectivity index (χ1) is 9.66. The van der Waals surface area contributed by atoms with Crippen LogP contribution in [-0.4, -0.2) is 48.7 Å². The lowest BCUT2D eigenvalue weighted by Gasteiger charge is -2.24. The number of anilines is 1. The van der Waals surface area contributed by atoms with Crippen LogP contribution in [0.15, 0.2) is 12.1 Å². The highest BCUT2D eigenvalue weighted by molar-refractivity contribution is 7.91. The van der Waals surface area contributed by atoms with Crippen LogP contribution in [-0.2, 0) is 16.4 Å². The summed E-state index contributed by atoms with van der Waals surface area (Å²) in [6, 6.07) is 3.83. The van der Waals surface area contributed by atoms with E-state index in [1.807, 2.05) is 24.1 Å². The van der Waals surface area contributed by atoms with Crippen molar-refractivity contribution >= 4 is 15.7 Å². The molecule has 21 heavy (non-hydrogen) atoms. The molecule has 0 saturated carbocycles. The first-order valence-electron chi connectivity index (χ1n) is 7.17. The highest BCUT2D eigenvalue weighted by Crippen LogP contribution is 2.20. The molecule has 0 aliphatic carbocycles. The Hall–Kier alpha value is -1.21. The number of rotatable bonds is 4. The third kappa shape index (κ3) is 4.64. The van der Waals surface area contributed by atoms with Gasteiger partial charge in [0.05, 0.1) is 17.2 Å². The zero-order valence-corrected chi connectivity index (χ0v) is 13.9.